The Morgan fingerprint density at radius 1 is 0.720 bits per heavy atom. The van der Waals surface area contributed by atoms with Crippen LogP contribution in [0.5, 0.6) is 0 Å². The van der Waals surface area contributed by atoms with Crippen LogP contribution >= 0.6 is 7.26 Å². The van der Waals surface area contributed by atoms with E-state index >= 15 is 0 Å². The summed E-state index contributed by atoms with van der Waals surface area (Å²) in [5, 5.41) is 4.02. The molecule has 0 saturated heterocycles. The molecule has 2 heteroatoms. The topological polar surface area (TPSA) is 9.23 Å². The van der Waals surface area contributed by atoms with Gasteiger partial charge in [0.2, 0.25) is 0 Å². The molecule has 3 rings (SSSR count). The van der Waals surface area contributed by atoms with Gasteiger partial charge in [-0.05, 0) is 50.2 Å². The highest BCUT2D eigenvalue weighted by atomic mass is 31.2. The first kappa shape index (κ1) is 17.5. The van der Waals surface area contributed by atoms with Crippen LogP contribution in [-0.4, -0.2) is 6.61 Å². The first-order valence-electron chi connectivity index (χ1n) is 8.65. The van der Waals surface area contributed by atoms with E-state index in [9.17, 15) is 0 Å². The maximum atomic E-state index is 5.85. The third-order valence-corrected chi connectivity index (χ3v) is 8.33. The Morgan fingerprint density at radius 3 is 1.40 bits per heavy atom. The number of rotatable bonds is 6. The van der Waals surface area contributed by atoms with Gasteiger partial charge >= 0.3 is 0 Å². The largest absolute Gasteiger partial charge is 0.495 e. The molecular formula is C23H24OP+. The maximum Gasteiger partial charge on any atom is 0.140 e. The maximum absolute atomic E-state index is 5.85. The molecule has 1 nitrogen and oxygen atoms in total. The van der Waals surface area contributed by atoms with Crippen LogP contribution < -0.4 is 15.9 Å². The summed E-state index contributed by atoms with van der Waals surface area (Å²) in [5.74, 6) is 3.34. The lowest BCUT2D eigenvalue weighted by Gasteiger charge is -2.24. The lowest BCUT2D eigenvalue weighted by molar-refractivity contribution is 0.232. The Balaban J connectivity index is 2.34. The highest BCUT2D eigenvalue weighted by Gasteiger charge is 2.44. The van der Waals surface area contributed by atoms with Crippen LogP contribution in [0.1, 0.15) is 13.8 Å². The first-order valence-corrected chi connectivity index (χ1v) is 10.5. The fourth-order valence-electron chi connectivity index (χ4n) is 3.20. The van der Waals surface area contributed by atoms with Crippen LogP contribution in [0.4, 0.5) is 0 Å². The number of hydrogen-bond donors (Lipinski definition) is 0. The molecule has 0 saturated carbocycles. The molecule has 0 amide bonds. The predicted octanol–water partition coefficient (Wildman–Crippen LogP) is 4.88. The summed E-state index contributed by atoms with van der Waals surface area (Å²) in [4.78, 5) is 0. The molecule has 126 valence electrons. The molecule has 0 heterocycles. The van der Waals surface area contributed by atoms with Crippen molar-refractivity contribution < 1.29 is 4.74 Å². The average Bonchev–Trinajstić information content (AvgIpc) is 2.68. The van der Waals surface area contributed by atoms with E-state index in [4.69, 9.17) is 4.74 Å². The second kappa shape index (κ2) is 8.14. The van der Waals surface area contributed by atoms with Crippen LogP contribution in [-0.2, 0) is 4.74 Å². The summed E-state index contributed by atoms with van der Waals surface area (Å²) >= 11 is 0. The molecular weight excluding hydrogens is 323 g/mol. The van der Waals surface area contributed by atoms with Crippen molar-refractivity contribution >= 4 is 23.2 Å². The second-order valence-corrected chi connectivity index (χ2v) is 9.15. The van der Waals surface area contributed by atoms with Gasteiger partial charge < -0.3 is 4.74 Å². The SMILES string of the molecule is CCO/C(C)=C/[P+](c1ccccc1)(c1ccccc1)c1ccccc1. The smallest absolute Gasteiger partial charge is 0.140 e. The van der Waals surface area contributed by atoms with Crippen molar-refractivity contribution in [3.05, 3.63) is 103 Å². The molecule has 3 aromatic carbocycles. The quantitative estimate of drug-likeness (QED) is 0.456. The number of benzene rings is 3. The van der Waals surface area contributed by atoms with E-state index < -0.39 is 7.26 Å². The van der Waals surface area contributed by atoms with E-state index in [-0.39, 0.29) is 0 Å². The van der Waals surface area contributed by atoms with E-state index in [0.29, 0.717) is 6.61 Å². The van der Waals surface area contributed by atoms with Gasteiger partial charge in [-0.3, -0.25) is 0 Å². The zero-order chi connectivity index (χ0) is 17.5. The normalized spacial score (nSPS) is 12.0. The van der Waals surface area contributed by atoms with Crippen LogP contribution in [0.25, 0.3) is 0 Å². The minimum absolute atomic E-state index is 0.681. The van der Waals surface area contributed by atoms with Gasteiger partial charge in [0.1, 0.15) is 34.8 Å². The second-order valence-electron chi connectivity index (χ2n) is 5.90. The highest BCUT2D eigenvalue weighted by Crippen LogP contribution is 2.57. The van der Waals surface area contributed by atoms with Crippen molar-refractivity contribution in [2.24, 2.45) is 0 Å². The van der Waals surface area contributed by atoms with Crippen LogP contribution in [0.2, 0.25) is 0 Å². The Labute approximate surface area is 151 Å². The summed E-state index contributed by atoms with van der Waals surface area (Å²) in [6, 6.07) is 32.4. The van der Waals surface area contributed by atoms with Crippen LogP contribution in [0, 0.1) is 0 Å². The monoisotopic (exact) mass is 347 g/mol. The minimum Gasteiger partial charge on any atom is -0.495 e. The summed E-state index contributed by atoms with van der Waals surface area (Å²) < 4.78 is 5.85. The molecule has 0 aliphatic rings. The molecule has 0 unspecified atom stereocenters. The minimum atomic E-state index is -1.93. The average molecular weight is 347 g/mol. The molecule has 3 aromatic rings. The molecule has 0 fully saturated rings. The van der Waals surface area contributed by atoms with E-state index in [2.05, 4.69) is 104 Å². The summed E-state index contributed by atoms with van der Waals surface area (Å²) in [5.41, 5.74) is 0. The standard InChI is InChI=1S/C23H24OP/c1-3-24-20(2)19-25(21-13-7-4-8-14-21,22-15-9-5-10-16-22)23-17-11-6-12-18-23/h4-19H,3H2,1-2H3/q+1/b20-19+. The Morgan fingerprint density at radius 2 is 1.08 bits per heavy atom. The molecule has 0 N–H and O–H groups in total. The van der Waals surface area contributed by atoms with Gasteiger partial charge in [0.25, 0.3) is 0 Å². The highest BCUT2D eigenvalue weighted by molar-refractivity contribution is 7.98. The molecule has 0 bridgehead atoms. The Kier molecular flexibility index (Phi) is 5.68. The van der Waals surface area contributed by atoms with Crippen molar-refractivity contribution in [1.29, 1.82) is 0 Å². The van der Waals surface area contributed by atoms with Crippen molar-refractivity contribution in [1.82, 2.24) is 0 Å². The molecule has 0 aliphatic heterocycles. The van der Waals surface area contributed by atoms with Crippen LogP contribution in [0.3, 0.4) is 0 Å². The van der Waals surface area contributed by atoms with Gasteiger partial charge in [-0.25, -0.2) is 0 Å². The van der Waals surface area contributed by atoms with E-state index in [1.807, 2.05) is 6.92 Å². The number of ether oxygens (including phenoxy) is 1. The van der Waals surface area contributed by atoms with Gasteiger partial charge in [0, 0.05) is 0 Å². The van der Waals surface area contributed by atoms with Gasteiger partial charge in [-0.2, -0.15) is 0 Å². The lowest BCUT2D eigenvalue weighted by Crippen LogP contribution is -2.29. The third kappa shape index (κ3) is 3.67. The van der Waals surface area contributed by atoms with Crippen molar-refractivity contribution in [3.8, 4) is 0 Å². The molecule has 0 aliphatic carbocycles. The van der Waals surface area contributed by atoms with Gasteiger partial charge in [-0.15, -0.1) is 0 Å². The predicted molar refractivity (Wildman–Crippen MR) is 111 cm³/mol. The Bertz CT molecular complexity index is 714. The fourth-order valence-corrected chi connectivity index (χ4v) is 7.09. The third-order valence-electron chi connectivity index (χ3n) is 4.24. The number of allylic oxidation sites excluding steroid dienone is 1. The van der Waals surface area contributed by atoms with Gasteiger partial charge in [0.15, 0.2) is 0 Å². The molecule has 0 atom stereocenters. The fraction of sp³-hybridized carbons (Fsp3) is 0.130. The molecule has 0 spiro atoms. The van der Waals surface area contributed by atoms with Crippen molar-refractivity contribution in [3.63, 3.8) is 0 Å². The molecule has 0 radical (unpaired) electrons. The molecule has 25 heavy (non-hydrogen) atoms. The zero-order valence-electron chi connectivity index (χ0n) is 14.8. The van der Waals surface area contributed by atoms with Crippen molar-refractivity contribution in [2.45, 2.75) is 13.8 Å². The summed E-state index contributed by atoms with van der Waals surface area (Å²) in [7, 11) is -1.93. The zero-order valence-corrected chi connectivity index (χ0v) is 15.7. The van der Waals surface area contributed by atoms with E-state index in [1.165, 1.54) is 15.9 Å². The first-order chi connectivity index (χ1) is 12.3. The Hall–Kier alpha value is -2.37. The van der Waals surface area contributed by atoms with Crippen LogP contribution in [0.15, 0.2) is 103 Å². The van der Waals surface area contributed by atoms with Gasteiger partial charge in [0.05, 0.1) is 6.61 Å². The van der Waals surface area contributed by atoms with E-state index in [1.54, 1.807) is 0 Å². The summed E-state index contributed by atoms with van der Waals surface area (Å²) in [6.07, 6.45) is 0. The van der Waals surface area contributed by atoms with E-state index in [0.717, 1.165) is 5.76 Å². The summed E-state index contributed by atoms with van der Waals surface area (Å²) in [6.45, 7) is 4.78. The molecule has 0 aromatic heterocycles. The number of hydrogen-bond acceptors (Lipinski definition) is 1. The van der Waals surface area contributed by atoms with Gasteiger partial charge in [-0.1, -0.05) is 54.6 Å². The van der Waals surface area contributed by atoms with Crippen molar-refractivity contribution in [2.75, 3.05) is 6.61 Å². The lowest BCUT2D eigenvalue weighted by atomic mass is 10.4.